The molecular weight excluding hydrogens is 195 g/mol. The van der Waals surface area contributed by atoms with E-state index in [1.165, 1.54) is 0 Å². The normalized spacial score (nSPS) is 10.5. The molecule has 0 aliphatic carbocycles. The lowest BCUT2D eigenvalue weighted by atomic mass is 10.2. The summed E-state index contributed by atoms with van der Waals surface area (Å²) in [6, 6.07) is 3.54. The molecule has 2 rings (SSSR count). The maximum Gasteiger partial charge on any atom is 0.136 e. The van der Waals surface area contributed by atoms with E-state index in [2.05, 4.69) is 9.97 Å². The molecule has 0 aliphatic rings. The molecule has 2 nitrogen and oxygen atoms in total. The van der Waals surface area contributed by atoms with Crippen molar-refractivity contribution in [2.75, 3.05) is 0 Å². The zero-order chi connectivity index (χ0) is 8.55. The lowest BCUT2D eigenvalue weighted by Crippen LogP contribution is -1.80. The fourth-order valence-corrected chi connectivity index (χ4v) is 1.38. The first-order valence-corrected chi connectivity index (χ1v) is 4.09. The maximum absolute atomic E-state index is 5.83. The summed E-state index contributed by atoms with van der Waals surface area (Å²) in [6.07, 6.45) is 3.31. The monoisotopic (exact) mass is 198 g/mol. The first kappa shape index (κ1) is 7.77. The first-order chi connectivity index (χ1) is 5.77. The molecule has 0 aromatic carbocycles. The van der Waals surface area contributed by atoms with Crippen LogP contribution in [0.2, 0.25) is 10.3 Å². The molecule has 12 heavy (non-hydrogen) atoms. The highest BCUT2D eigenvalue weighted by Crippen LogP contribution is 2.22. The van der Waals surface area contributed by atoms with Crippen LogP contribution in [0.5, 0.6) is 0 Å². The summed E-state index contributed by atoms with van der Waals surface area (Å²) in [7, 11) is 0. The summed E-state index contributed by atoms with van der Waals surface area (Å²) >= 11 is 11.5. The molecule has 4 heteroatoms. The van der Waals surface area contributed by atoms with Crippen molar-refractivity contribution in [3.8, 4) is 0 Å². The van der Waals surface area contributed by atoms with Gasteiger partial charge in [0.25, 0.3) is 0 Å². The molecule has 0 aliphatic heterocycles. The second kappa shape index (κ2) is 2.88. The van der Waals surface area contributed by atoms with Crippen molar-refractivity contribution in [2.45, 2.75) is 0 Å². The molecule has 2 aromatic rings. The van der Waals surface area contributed by atoms with E-state index in [1.54, 1.807) is 18.5 Å². The van der Waals surface area contributed by atoms with Gasteiger partial charge in [-0.2, -0.15) is 0 Å². The summed E-state index contributed by atoms with van der Waals surface area (Å²) < 4.78 is 0. The highest BCUT2D eigenvalue weighted by molar-refractivity contribution is 6.35. The molecule has 0 bridgehead atoms. The maximum atomic E-state index is 5.83. The third-order valence-corrected chi connectivity index (χ3v) is 2.07. The van der Waals surface area contributed by atoms with E-state index >= 15 is 0 Å². The average molecular weight is 199 g/mol. The van der Waals surface area contributed by atoms with Crippen LogP contribution in [0, 0.1) is 0 Å². The zero-order valence-corrected chi connectivity index (χ0v) is 7.47. The number of pyridine rings is 2. The van der Waals surface area contributed by atoms with Crippen LogP contribution in [0.1, 0.15) is 0 Å². The predicted molar refractivity (Wildman–Crippen MR) is 49.6 cm³/mol. The molecule has 0 N–H and O–H groups in total. The Balaban J connectivity index is 2.88. The molecule has 0 spiro atoms. The minimum absolute atomic E-state index is 0.428. The predicted octanol–water partition coefficient (Wildman–Crippen LogP) is 2.94. The Hall–Kier alpha value is -0.860. The van der Waals surface area contributed by atoms with Gasteiger partial charge in [-0.3, -0.25) is 0 Å². The van der Waals surface area contributed by atoms with E-state index in [1.807, 2.05) is 6.07 Å². The van der Waals surface area contributed by atoms with E-state index in [9.17, 15) is 0 Å². The van der Waals surface area contributed by atoms with Crippen LogP contribution in [0.15, 0.2) is 24.5 Å². The Morgan fingerprint density at radius 1 is 1.17 bits per heavy atom. The van der Waals surface area contributed by atoms with Crippen molar-refractivity contribution in [1.29, 1.82) is 0 Å². The second-order valence-electron chi connectivity index (χ2n) is 2.33. The van der Waals surface area contributed by atoms with Crippen LogP contribution in [-0.4, -0.2) is 9.97 Å². The highest BCUT2D eigenvalue weighted by Gasteiger charge is 1.99. The van der Waals surface area contributed by atoms with E-state index in [4.69, 9.17) is 23.2 Å². The number of hydrogen-bond acceptors (Lipinski definition) is 2. The molecule has 0 radical (unpaired) electrons. The van der Waals surface area contributed by atoms with Gasteiger partial charge in [0.05, 0.1) is 0 Å². The molecular formula is C8H4Cl2N2. The average Bonchev–Trinajstić information content (AvgIpc) is 2.07. The van der Waals surface area contributed by atoms with Gasteiger partial charge in [-0.15, -0.1) is 0 Å². The van der Waals surface area contributed by atoms with Crippen molar-refractivity contribution < 1.29 is 0 Å². The van der Waals surface area contributed by atoms with Crippen LogP contribution in [-0.2, 0) is 0 Å². The van der Waals surface area contributed by atoms with Crippen molar-refractivity contribution in [3.63, 3.8) is 0 Å². The molecule has 0 atom stereocenters. The van der Waals surface area contributed by atoms with E-state index in [0.717, 1.165) is 10.8 Å². The summed E-state index contributed by atoms with van der Waals surface area (Å²) in [5.41, 5.74) is 0. The number of rotatable bonds is 0. The highest BCUT2D eigenvalue weighted by atomic mass is 35.5. The van der Waals surface area contributed by atoms with E-state index in [-0.39, 0.29) is 0 Å². The van der Waals surface area contributed by atoms with Crippen LogP contribution in [0.25, 0.3) is 10.8 Å². The molecule has 0 amide bonds. The number of hydrogen-bond donors (Lipinski definition) is 0. The molecule has 0 saturated heterocycles. The lowest BCUT2D eigenvalue weighted by molar-refractivity contribution is 1.32. The summed E-state index contributed by atoms with van der Waals surface area (Å²) in [4.78, 5) is 7.85. The largest absolute Gasteiger partial charge is 0.244 e. The molecule has 0 unspecified atom stereocenters. The van der Waals surface area contributed by atoms with Gasteiger partial charge in [0.15, 0.2) is 0 Å². The van der Waals surface area contributed by atoms with Gasteiger partial charge in [-0.1, -0.05) is 23.2 Å². The standard InChI is InChI=1S/C8H4Cl2N2/c9-7-3-6-5(4-12-7)1-2-11-8(6)10/h1-4H. The topological polar surface area (TPSA) is 25.8 Å². The Morgan fingerprint density at radius 2 is 2.00 bits per heavy atom. The Morgan fingerprint density at radius 3 is 2.83 bits per heavy atom. The van der Waals surface area contributed by atoms with Crippen molar-refractivity contribution >= 4 is 34.0 Å². The molecule has 0 saturated carbocycles. The lowest BCUT2D eigenvalue weighted by Gasteiger charge is -1.97. The number of halogens is 2. The van der Waals surface area contributed by atoms with Crippen LogP contribution < -0.4 is 0 Å². The smallest absolute Gasteiger partial charge is 0.136 e. The Kier molecular flexibility index (Phi) is 1.87. The Bertz CT molecular complexity index is 428. The number of nitrogens with zero attached hydrogens (tertiary/aromatic N) is 2. The number of aromatic nitrogens is 2. The summed E-state index contributed by atoms with van der Waals surface area (Å²) in [5, 5.41) is 2.66. The molecule has 2 heterocycles. The molecule has 0 fully saturated rings. The third-order valence-electron chi connectivity index (χ3n) is 1.57. The van der Waals surface area contributed by atoms with E-state index in [0.29, 0.717) is 10.3 Å². The number of fused-ring (bicyclic) bond motifs is 1. The minimum atomic E-state index is 0.428. The van der Waals surface area contributed by atoms with Crippen LogP contribution in [0.4, 0.5) is 0 Å². The molecule has 60 valence electrons. The van der Waals surface area contributed by atoms with Crippen molar-refractivity contribution in [1.82, 2.24) is 9.97 Å². The quantitative estimate of drug-likeness (QED) is 0.609. The summed E-state index contributed by atoms with van der Waals surface area (Å²) in [6.45, 7) is 0. The summed E-state index contributed by atoms with van der Waals surface area (Å²) in [5.74, 6) is 0. The van der Waals surface area contributed by atoms with Gasteiger partial charge in [-0.05, 0) is 12.1 Å². The zero-order valence-electron chi connectivity index (χ0n) is 5.96. The van der Waals surface area contributed by atoms with E-state index < -0.39 is 0 Å². The van der Waals surface area contributed by atoms with Crippen molar-refractivity contribution in [2.24, 2.45) is 0 Å². The molecule has 2 aromatic heterocycles. The van der Waals surface area contributed by atoms with Gasteiger partial charge < -0.3 is 0 Å². The first-order valence-electron chi connectivity index (χ1n) is 3.33. The Labute approximate surface area is 79.2 Å². The van der Waals surface area contributed by atoms with Gasteiger partial charge in [0, 0.05) is 23.2 Å². The fraction of sp³-hybridized carbons (Fsp3) is 0. The fourth-order valence-electron chi connectivity index (χ4n) is 1.00. The van der Waals surface area contributed by atoms with Crippen LogP contribution >= 0.6 is 23.2 Å². The second-order valence-corrected chi connectivity index (χ2v) is 3.08. The van der Waals surface area contributed by atoms with Gasteiger partial charge in [0.2, 0.25) is 0 Å². The third kappa shape index (κ3) is 1.24. The van der Waals surface area contributed by atoms with Crippen molar-refractivity contribution in [3.05, 3.63) is 34.8 Å². The van der Waals surface area contributed by atoms with Gasteiger partial charge in [0.1, 0.15) is 10.3 Å². The minimum Gasteiger partial charge on any atom is -0.244 e. The van der Waals surface area contributed by atoms with Crippen LogP contribution in [0.3, 0.4) is 0 Å². The SMILES string of the molecule is Clc1cc2c(Cl)nccc2cn1. The van der Waals surface area contributed by atoms with Gasteiger partial charge >= 0.3 is 0 Å². The van der Waals surface area contributed by atoms with Gasteiger partial charge in [-0.25, -0.2) is 9.97 Å².